The molecule has 11 heteroatoms. The summed E-state index contributed by atoms with van der Waals surface area (Å²) in [7, 11) is -7.04. The summed E-state index contributed by atoms with van der Waals surface area (Å²) in [6.07, 6.45) is 1.44. The lowest BCUT2D eigenvalue weighted by molar-refractivity contribution is -0.0705. The molecule has 1 unspecified atom stereocenters. The fourth-order valence-electron chi connectivity index (χ4n) is 1.89. The molecule has 0 amide bonds. The molecular weight excluding hydrogens is 400 g/mol. The first-order valence-electron chi connectivity index (χ1n) is 8.15. The van der Waals surface area contributed by atoms with Crippen LogP contribution in [0.3, 0.4) is 0 Å². The summed E-state index contributed by atoms with van der Waals surface area (Å²) in [4.78, 5) is 0. The van der Waals surface area contributed by atoms with Crippen LogP contribution in [-0.2, 0) is 49.4 Å². The molecule has 9 nitrogen and oxygen atoms in total. The van der Waals surface area contributed by atoms with E-state index in [2.05, 4.69) is 8.37 Å². The molecule has 0 heterocycles. The lowest BCUT2D eigenvalue weighted by Crippen LogP contribution is -2.28. The third-order valence-electron chi connectivity index (χ3n) is 2.98. The van der Waals surface area contributed by atoms with Crippen LogP contribution in [0.25, 0.3) is 0 Å². The quantitative estimate of drug-likeness (QED) is 0.293. The number of hydrogen-bond acceptors (Lipinski definition) is 9. The van der Waals surface area contributed by atoms with Crippen molar-refractivity contribution in [1.29, 1.82) is 0 Å². The number of rotatable bonds is 15. The van der Waals surface area contributed by atoms with Gasteiger partial charge in [-0.05, 0) is 5.56 Å². The molecule has 0 radical (unpaired) electrons. The van der Waals surface area contributed by atoms with E-state index in [1.54, 1.807) is 0 Å². The van der Waals surface area contributed by atoms with Crippen LogP contribution >= 0.6 is 0 Å². The normalized spacial score (nSPS) is 13.6. The van der Waals surface area contributed by atoms with Crippen LogP contribution in [0, 0.1) is 0 Å². The molecule has 1 aromatic carbocycles. The summed E-state index contributed by atoms with van der Waals surface area (Å²) in [6, 6.07) is 9.56. The van der Waals surface area contributed by atoms with E-state index in [0.717, 1.165) is 18.1 Å². The van der Waals surface area contributed by atoms with E-state index in [-0.39, 0.29) is 39.6 Å². The summed E-state index contributed by atoms with van der Waals surface area (Å²) >= 11 is 0. The van der Waals surface area contributed by atoms with E-state index >= 15 is 0 Å². The Labute approximate surface area is 160 Å². The van der Waals surface area contributed by atoms with Gasteiger partial charge in [-0.15, -0.1) is 0 Å². The van der Waals surface area contributed by atoms with E-state index < -0.39 is 26.3 Å². The smallest absolute Gasteiger partial charge is 0.264 e. The molecule has 27 heavy (non-hydrogen) atoms. The van der Waals surface area contributed by atoms with E-state index in [4.69, 9.17) is 14.2 Å². The van der Waals surface area contributed by atoms with Gasteiger partial charge in [0.2, 0.25) is 0 Å². The van der Waals surface area contributed by atoms with Crippen molar-refractivity contribution in [3.8, 4) is 0 Å². The van der Waals surface area contributed by atoms with Crippen molar-refractivity contribution in [2.75, 3.05) is 52.2 Å². The van der Waals surface area contributed by atoms with Crippen molar-refractivity contribution in [1.82, 2.24) is 0 Å². The zero-order valence-corrected chi connectivity index (χ0v) is 17.0. The van der Waals surface area contributed by atoms with Gasteiger partial charge in [-0.3, -0.25) is 8.37 Å². The summed E-state index contributed by atoms with van der Waals surface area (Å²) in [6.45, 7) is 0.596. The average molecular weight is 427 g/mol. The Balaban J connectivity index is 2.35. The predicted molar refractivity (Wildman–Crippen MR) is 98.2 cm³/mol. The molecule has 0 saturated carbocycles. The molecule has 0 spiro atoms. The third kappa shape index (κ3) is 14.6. The van der Waals surface area contributed by atoms with Crippen LogP contribution in [0.5, 0.6) is 0 Å². The predicted octanol–water partition coefficient (Wildman–Crippen LogP) is 0.557. The molecule has 0 bridgehead atoms. The molecule has 0 aliphatic carbocycles. The highest BCUT2D eigenvalue weighted by Crippen LogP contribution is 2.03. The largest absolute Gasteiger partial charge is 0.376 e. The number of ether oxygens (including phenoxy) is 3. The fraction of sp³-hybridized carbons (Fsp3) is 0.625. The second kappa shape index (κ2) is 12.4. The van der Waals surface area contributed by atoms with Gasteiger partial charge in [-0.25, -0.2) is 0 Å². The van der Waals surface area contributed by atoms with E-state index in [9.17, 15) is 16.8 Å². The standard InChI is InChI=1S/C16H26O9S2/c1-26(17,18)24-10-8-21-13-16(23-9-11-25-27(2,19)20)14-22-12-15-6-4-3-5-7-15/h3-7,16H,8-14H2,1-2H3. The van der Waals surface area contributed by atoms with Crippen molar-refractivity contribution in [2.24, 2.45) is 0 Å². The highest BCUT2D eigenvalue weighted by molar-refractivity contribution is 7.86. The highest BCUT2D eigenvalue weighted by atomic mass is 32.2. The molecule has 0 N–H and O–H groups in total. The van der Waals surface area contributed by atoms with Crippen LogP contribution in [0.2, 0.25) is 0 Å². The molecule has 1 rings (SSSR count). The maximum atomic E-state index is 10.9. The van der Waals surface area contributed by atoms with Gasteiger partial charge in [-0.1, -0.05) is 30.3 Å². The molecule has 0 aliphatic rings. The van der Waals surface area contributed by atoms with Crippen molar-refractivity contribution < 1.29 is 39.4 Å². The van der Waals surface area contributed by atoms with Gasteiger partial charge in [0.25, 0.3) is 20.2 Å². The molecular formula is C16H26O9S2. The molecule has 0 aromatic heterocycles. The summed E-state index contributed by atoms with van der Waals surface area (Å²) in [5, 5.41) is 0. The third-order valence-corrected chi connectivity index (χ3v) is 4.17. The maximum absolute atomic E-state index is 10.9. The van der Waals surface area contributed by atoms with Gasteiger partial charge < -0.3 is 14.2 Å². The number of hydrogen-bond donors (Lipinski definition) is 0. The Morgan fingerprint density at radius 3 is 1.93 bits per heavy atom. The molecule has 0 saturated heterocycles. The Kier molecular flexibility index (Phi) is 11.0. The van der Waals surface area contributed by atoms with Crippen LogP contribution < -0.4 is 0 Å². The second-order valence-corrected chi connectivity index (χ2v) is 8.91. The molecule has 1 atom stereocenters. The topological polar surface area (TPSA) is 114 Å². The van der Waals surface area contributed by atoms with E-state index in [1.807, 2.05) is 30.3 Å². The summed E-state index contributed by atoms with van der Waals surface area (Å²) in [5.41, 5.74) is 0.999. The Morgan fingerprint density at radius 2 is 1.33 bits per heavy atom. The molecule has 156 valence electrons. The Bertz CT molecular complexity index is 718. The first-order chi connectivity index (χ1) is 12.7. The minimum Gasteiger partial charge on any atom is -0.376 e. The second-order valence-electron chi connectivity index (χ2n) is 5.62. The molecule has 1 aromatic rings. The van der Waals surface area contributed by atoms with Crippen LogP contribution in [0.4, 0.5) is 0 Å². The highest BCUT2D eigenvalue weighted by Gasteiger charge is 2.12. The summed E-state index contributed by atoms with van der Waals surface area (Å²) in [5.74, 6) is 0. The lowest BCUT2D eigenvalue weighted by atomic mass is 10.2. The van der Waals surface area contributed by atoms with E-state index in [1.165, 1.54) is 0 Å². The SMILES string of the molecule is CS(=O)(=O)OCCOCC(COCc1ccccc1)OCCOS(C)(=O)=O. The minimum atomic E-state index is -3.53. The fourth-order valence-corrected chi connectivity index (χ4v) is 2.63. The van der Waals surface area contributed by atoms with Crippen molar-refractivity contribution >= 4 is 20.2 Å². The zero-order valence-electron chi connectivity index (χ0n) is 15.4. The monoisotopic (exact) mass is 426 g/mol. The van der Waals surface area contributed by atoms with Gasteiger partial charge in [0.1, 0.15) is 6.10 Å². The van der Waals surface area contributed by atoms with E-state index in [0.29, 0.717) is 6.61 Å². The number of benzene rings is 1. The Hall–Kier alpha value is -1.08. The van der Waals surface area contributed by atoms with Crippen LogP contribution in [0.15, 0.2) is 30.3 Å². The van der Waals surface area contributed by atoms with Gasteiger partial charge in [0.15, 0.2) is 0 Å². The minimum absolute atomic E-state index is 0.0373. The van der Waals surface area contributed by atoms with Gasteiger partial charge in [0.05, 0.1) is 58.8 Å². The zero-order chi connectivity index (χ0) is 20.2. The maximum Gasteiger partial charge on any atom is 0.264 e. The van der Waals surface area contributed by atoms with Gasteiger partial charge in [0, 0.05) is 0 Å². The van der Waals surface area contributed by atoms with Crippen molar-refractivity contribution in [2.45, 2.75) is 12.7 Å². The van der Waals surface area contributed by atoms with Gasteiger partial charge >= 0.3 is 0 Å². The summed E-state index contributed by atoms with van der Waals surface area (Å²) < 4.78 is 69.3. The van der Waals surface area contributed by atoms with Crippen molar-refractivity contribution in [3.05, 3.63) is 35.9 Å². The molecule has 0 aliphatic heterocycles. The Morgan fingerprint density at radius 1 is 0.778 bits per heavy atom. The van der Waals surface area contributed by atoms with Crippen LogP contribution in [0.1, 0.15) is 5.56 Å². The lowest BCUT2D eigenvalue weighted by Gasteiger charge is -2.18. The van der Waals surface area contributed by atoms with Gasteiger partial charge in [-0.2, -0.15) is 16.8 Å². The average Bonchev–Trinajstić information content (AvgIpc) is 2.57. The first kappa shape index (κ1) is 24.0. The first-order valence-corrected chi connectivity index (χ1v) is 11.8. The van der Waals surface area contributed by atoms with Crippen molar-refractivity contribution in [3.63, 3.8) is 0 Å². The molecule has 0 fully saturated rings. The van der Waals surface area contributed by atoms with Crippen LogP contribution in [-0.4, -0.2) is 75.1 Å².